The first-order chi connectivity index (χ1) is 8.78. The van der Waals surface area contributed by atoms with Crippen molar-refractivity contribution in [3.63, 3.8) is 0 Å². The molecule has 0 radical (unpaired) electrons. The minimum Gasteiger partial charge on any atom is -0.387 e. The normalized spacial score (nSPS) is 13.7. The maximum Gasteiger partial charge on any atom is 0.147 e. The Morgan fingerprint density at radius 1 is 1.26 bits per heavy atom. The average molecular weight is 285 g/mol. The molecule has 1 atom stereocenters. The second-order valence-corrected chi connectivity index (χ2v) is 7.43. The van der Waals surface area contributed by atoms with E-state index in [1.807, 2.05) is 43.1 Å². The van der Waals surface area contributed by atoms with E-state index >= 15 is 0 Å². The van der Waals surface area contributed by atoms with Gasteiger partial charge in [-0.15, -0.1) is 0 Å². The molecule has 0 aliphatic rings. The van der Waals surface area contributed by atoms with Gasteiger partial charge in [0.15, 0.2) is 0 Å². The number of sulfone groups is 1. The van der Waals surface area contributed by atoms with Crippen LogP contribution in [-0.2, 0) is 9.84 Å². The van der Waals surface area contributed by atoms with Gasteiger partial charge < -0.3 is 10.0 Å². The van der Waals surface area contributed by atoms with Crippen LogP contribution in [0.25, 0.3) is 0 Å². The lowest BCUT2D eigenvalue weighted by Gasteiger charge is -2.20. The second-order valence-electron chi connectivity index (χ2n) is 5.17. The lowest BCUT2D eigenvalue weighted by Crippen LogP contribution is -2.26. The molecule has 1 N–H and O–H groups in total. The van der Waals surface area contributed by atoms with Gasteiger partial charge in [-0.1, -0.05) is 29.8 Å². The Morgan fingerprint density at radius 3 is 2.37 bits per heavy atom. The van der Waals surface area contributed by atoms with E-state index in [2.05, 4.69) is 0 Å². The van der Waals surface area contributed by atoms with E-state index < -0.39 is 15.9 Å². The van der Waals surface area contributed by atoms with E-state index in [1.165, 1.54) is 6.26 Å². The van der Waals surface area contributed by atoms with Crippen molar-refractivity contribution in [2.24, 2.45) is 0 Å². The first-order valence-corrected chi connectivity index (χ1v) is 8.45. The van der Waals surface area contributed by atoms with Crippen LogP contribution in [0.3, 0.4) is 0 Å². The Bertz CT molecular complexity index is 482. The number of rotatable bonds is 7. The van der Waals surface area contributed by atoms with Crippen molar-refractivity contribution >= 4 is 9.84 Å². The lowest BCUT2D eigenvalue weighted by molar-refractivity contribution is 0.127. The van der Waals surface area contributed by atoms with E-state index in [4.69, 9.17) is 0 Å². The van der Waals surface area contributed by atoms with Crippen LogP contribution in [0, 0.1) is 6.92 Å². The highest BCUT2D eigenvalue weighted by Crippen LogP contribution is 2.14. The van der Waals surface area contributed by atoms with Gasteiger partial charge in [-0.05, 0) is 32.5 Å². The summed E-state index contributed by atoms with van der Waals surface area (Å²) in [7, 11) is -1.01. The van der Waals surface area contributed by atoms with Gasteiger partial charge in [-0.25, -0.2) is 8.42 Å². The first kappa shape index (κ1) is 16.1. The van der Waals surface area contributed by atoms with E-state index in [0.717, 1.165) is 11.1 Å². The van der Waals surface area contributed by atoms with Gasteiger partial charge in [0.25, 0.3) is 0 Å². The highest BCUT2D eigenvalue weighted by Gasteiger charge is 2.11. The van der Waals surface area contributed by atoms with Crippen LogP contribution in [0.4, 0.5) is 0 Å². The Hall–Kier alpha value is -0.910. The zero-order valence-electron chi connectivity index (χ0n) is 11.8. The molecule has 5 heteroatoms. The van der Waals surface area contributed by atoms with Gasteiger partial charge in [0.05, 0.1) is 11.9 Å². The molecule has 1 aromatic carbocycles. The third-order valence-corrected chi connectivity index (χ3v) is 4.03. The maximum absolute atomic E-state index is 11.0. The van der Waals surface area contributed by atoms with Crippen molar-refractivity contribution in [2.45, 2.75) is 19.4 Å². The number of aliphatic hydroxyl groups is 1. The fraction of sp³-hybridized carbons (Fsp3) is 0.571. The number of aryl methyl sites for hydroxylation is 1. The van der Waals surface area contributed by atoms with Crippen molar-refractivity contribution < 1.29 is 13.5 Å². The minimum atomic E-state index is -2.89. The maximum atomic E-state index is 11.0. The largest absolute Gasteiger partial charge is 0.387 e. The summed E-state index contributed by atoms with van der Waals surface area (Å²) in [6.45, 7) is 3.18. The molecular weight excluding hydrogens is 262 g/mol. The molecule has 0 aliphatic carbocycles. The molecule has 108 valence electrons. The van der Waals surface area contributed by atoms with Crippen LogP contribution in [0.15, 0.2) is 24.3 Å². The molecule has 1 unspecified atom stereocenters. The van der Waals surface area contributed by atoms with E-state index in [-0.39, 0.29) is 5.75 Å². The highest BCUT2D eigenvalue weighted by atomic mass is 32.2. The predicted molar refractivity (Wildman–Crippen MR) is 78.0 cm³/mol. The fourth-order valence-electron chi connectivity index (χ4n) is 1.88. The molecule has 0 spiro atoms. The fourth-order valence-corrected chi connectivity index (χ4v) is 2.53. The SMILES string of the molecule is Cc1ccc(C(O)CN(C)CCCS(C)(=O)=O)cc1. The first-order valence-electron chi connectivity index (χ1n) is 6.39. The number of aliphatic hydroxyl groups excluding tert-OH is 1. The Balaban J connectivity index is 2.39. The van der Waals surface area contributed by atoms with Crippen molar-refractivity contribution in [1.82, 2.24) is 4.90 Å². The van der Waals surface area contributed by atoms with E-state index in [9.17, 15) is 13.5 Å². The molecule has 19 heavy (non-hydrogen) atoms. The van der Waals surface area contributed by atoms with Crippen molar-refractivity contribution in [3.8, 4) is 0 Å². The molecule has 0 aliphatic heterocycles. The Kier molecular flexibility index (Phi) is 5.97. The second kappa shape index (κ2) is 7.03. The molecule has 1 rings (SSSR count). The third kappa shape index (κ3) is 6.71. The summed E-state index contributed by atoms with van der Waals surface area (Å²) in [6, 6.07) is 7.79. The van der Waals surface area contributed by atoms with Gasteiger partial charge in [0.1, 0.15) is 9.84 Å². The van der Waals surface area contributed by atoms with Crippen molar-refractivity contribution in [2.75, 3.05) is 32.1 Å². The van der Waals surface area contributed by atoms with Gasteiger partial charge in [0, 0.05) is 12.8 Å². The Labute approximate surface area is 116 Å². The summed E-state index contributed by atoms with van der Waals surface area (Å²) >= 11 is 0. The summed E-state index contributed by atoms with van der Waals surface area (Å²) in [5, 5.41) is 10.1. The van der Waals surface area contributed by atoms with Gasteiger partial charge in [0.2, 0.25) is 0 Å². The summed E-state index contributed by atoms with van der Waals surface area (Å²) in [5.74, 6) is 0.192. The Morgan fingerprint density at radius 2 is 1.84 bits per heavy atom. The number of nitrogens with zero attached hydrogens (tertiary/aromatic N) is 1. The predicted octanol–water partition coefficient (Wildman–Crippen LogP) is 1.39. The molecule has 0 heterocycles. The van der Waals surface area contributed by atoms with Gasteiger partial charge in [-0.3, -0.25) is 0 Å². The quantitative estimate of drug-likeness (QED) is 0.822. The number of hydrogen-bond donors (Lipinski definition) is 1. The molecule has 4 nitrogen and oxygen atoms in total. The zero-order chi connectivity index (χ0) is 14.5. The van der Waals surface area contributed by atoms with E-state index in [1.54, 1.807) is 0 Å². The monoisotopic (exact) mass is 285 g/mol. The topological polar surface area (TPSA) is 57.6 Å². The lowest BCUT2D eigenvalue weighted by atomic mass is 10.1. The van der Waals surface area contributed by atoms with Crippen LogP contribution in [0.2, 0.25) is 0 Å². The zero-order valence-corrected chi connectivity index (χ0v) is 12.7. The molecular formula is C14H23NO3S. The smallest absolute Gasteiger partial charge is 0.147 e. The van der Waals surface area contributed by atoms with Crippen LogP contribution >= 0.6 is 0 Å². The molecule has 0 saturated heterocycles. The summed E-state index contributed by atoms with van der Waals surface area (Å²) < 4.78 is 22.0. The van der Waals surface area contributed by atoms with Crippen molar-refractivity contribution in [1.29, 1.82) is 0 Å². The number of likely N-dealkylation sites (N-methyl/N-ethyl adjacent to an activating group) is 1. The minimum absolute atomic E-state index is 0.192. The van der Waals surface area contributed by atoms with Crippen LogP contribution in [-0.4, -0.2) is 50.6 Å². The average Bonchev–Trinajstić information content (AvgIpc) is 2.27. The summed E-state index contributed by atoms with van der Waals surface area (Å²) in [5.41, 5.74) is 2.05. The molecule has 0 aromatic heterocycles. The highest BCUT2D eigenvalue weighted by molar-refractivity contribution is 7.90. The molecule has 0 bridgehead atoms. The number of benzene rings is 1. The molecule has 0 amide bonds. The van der Waals surface area contributed by atoms with E-state index in [0.29, 0.717) is 19.5 Å². The summed E-state index contributed by atoms with van der Waals surface area (Å²) in [6.07, 6.45) is 1.30. The standard InChI is InChI=1S/C14H23NO3S/c1-12-5-7-13(8-6-12)14(16)11-15(2)9-4-10-19(3,17)18/h5-8,14,16H,4,9-11H2,1-3H3. The van der Waals surface area contributed by atoms with Crippen LogP contribution < -0.4 is 0 Å². The third-order valence-electron chi connectivity index (χ3n) is 3.00. The van der Waals surface area contributed by atoms with Crippen LogP contribution in [0.1, 0.15) is 23.7 Å². The number of hydrogen-bond acceptors (Lipinski definition) is 4. The summed E-state index contributed by atoms with van der Waals surface area (Å²) in [4.78, 5) is 1.95. The van der Waals surface area contributed by atoms with Crippen LogP contribution in [0.5, 0.6) is 0 Å². The molecule has 0 saturated carbocycles. The van der Waals surface area contributed by atoms with Gasteiger partial charge >= 0.3 is 0 Å². The van der Waals surface area contributed by atoms with Gasteiger partial charge in [-0.2, -0.15) is 0 Å². The van der Waals surface area contributed by atoms with Crippen molar-refractivity contribution in [3.05, 3.63) is 35.4 Å². The molecule has 0 fully saturated rings. The molecule has 1 aromatic rings.